The molecule has 2 aliphatic rings. The molecule has 0 aliphatic heterocycles. The van der Waals surface area contributed by atoms with Crippen LogP contribution in [-0.4, -0.2) is 35.3 Å². The van der Waals surface area contributed by atoms with Crippen LogP contribution in [-0.2, 0) is 16.0 Å². The second-order valence-corrected chi connectivity index (χ2v) is 6.71. The predicted octanol–water partition coefficient (Wildman–Crippen LogP) is 2.63. The molecule has 0 amide bonds. The molecule has 3 unspecified atom stereocenters. The Morgan fingerprint density at radius 2 is 2.30 bits per heavy atom. The van der Waals surface area contributed by atoms with Gasteiger partial charge in [-0.15, -0.1) is 11.3 Å². The number of carboxylic acids is 1. The summed E-state index contributed by atoms with van der Waals surface area (Å²) in [5, 5.41) is 13.6. The minimum atomic E-state index is -0.747. The van der Waals surface area contributed by atoms with Gasteiger partial charge in [-0.25, -0.2) is 4.98 Å². The Hall–Kier alpha value is -1.14. The first-order valence-electron chi connectivity index (χ1n) is 7.19. The van der Waals surface area contributed by atoms with Gasteiger partial charge in [0.2, 0.25) is 0 Å². The minimum absolute atomic E-state index is 0.342. The Kier molecular flexibility index (Phi) is 3.94. The summed E-state index contributed by atoms with van der Waals surface area (Å²) in [6, 6.07) is 0.399. The Morgan fingerprint density at radius 1 is 1.45 bits per heavy atom. The molecule has 0 aromatic carbocycles. The molecule has 0 spiro atoms. The van der Waals surface area contributed by atoms with Gasteiger partial charge >= 0.3 is 5.97 Å². The Labute approximate surface area is 122 Å². The molecule has 5 nitrogen and oxygen atoms in total. The molecule has 6 heteroatoms. The molecule has 2 aliphatic carbocycles. The third kappa shape index (κ3) is 2.67. The van der Waals surface area contributed by atoms with Crippen LogP contribution in [0, 0.1) is 0 Å². The van der Waals surface area contributed by atoms with E-state index in [1.54, 1.807) is 18.4 Å². The zero-order valence-electron chi connectivity index (χ0n) is 11.6. The fraction of sp³-hybridized carbons (Fsp3) is 0.714. The lowest BCUT2D eigenvalue weighted by Gasteiger charge is -2.16. The molecule has 0 bridgehead atoms. The number of nitrogens with one attached hydrogen (secondary N) is 1. The fourth-order valence-corrected chi connectivity index (χ4v) is 4.32. The van der Waals surface area contributed by atoms with Crippen LogP contribution in [0.4, 0.5) is 5.13 Å². The first-order valence-corrected chi connectivity index (χ1v) is 8.00. The van der Waals surface area contributed by atoms with Crippen LogP contribution >= 0.6 is 11.3 Å². The molecule has 1 aromatic heterocycles. The van der Waals surface area contributed by atoms with Crippen LogP contribution in [0.5, 0.6) is 0 Å². The highest BCUT2D eigenvalue weighted by Crippen LogP contribution is 2.37. The summed E-state index contributed by atoms with van der Waals surface area (Å²) in [4.78, 5) is 17.0. The van der Waals surface area contributed by atoms with Crippen molar-refractivity contribution in [3.05, 3.63) is 10.6 Å². The number of fused-ring (bicyclic) bond motifs is 1. The van der Waals surface area contributed by atoms with Gasteiger partial charge in [-0.2, -0.15) is 0 Å². The highest BCUT2D eigenvalue weighted by molar-refractivity contribution is 7.15. The van der Waals surface area contributed by atoms with Crippen molar-refractivity contribution in [3.63, 3.8) is 0 Å². The van der Waals surface area contributed by atoms with E-state index < -0.39 is 11.9 Å². The Balaban J connectivity index is 1.71. The molecule has 3 atom stereocenters. The summed E-state index contributed by atoms with van der Waals surface area (Å²) >= 11 is 1.63. The molecular formula is C14H20N2O3S. The molecule has 1 aromatic rings. The highest BCUT2D eigenvalue weighted by atomic mass is 32.1. The second-order valence-electron chi connectivity index (χ2n) is 5.62. The number of hydrogen-bond acceptors (Lipinski definition) is 5. The van der Waals surface area contributed by atoms with Gasteiger partial charge in [-0.3, -0.25) is 4.79 Å². The maximum Gasteiger partial charge on any atom is 0.312 e. The van der Waals surface area contributed by atoms with Gasteiger partial charge in [0.25, 0.3) is 0 Å². The monoisotopic (exact) mass is 296 g/mol. The number of anilines is 1. The Morgan fingerprint density at radius 3 is 3.00 bits per heavy atom. The lowest BCUT2D eigenvalue weighted by Crippen LogP contribution is -2.18. The minimum Gasteiger partial charge on any atom is -0.481 e. The van der Waals surface area contributed by atoms with Gasteiger partial charge < -0.3 is 15.2 Å². The smallest absolute Gasteiger partial charge is 0.312 e. The fourth-order valence-electron chi connectivity index (χ4n) is 3.18. The Bertz CT molecular complexity index is 503. The summed E-state index contributed by atoms with van der Waals surface area (Å²) in [7, 11) is 1.76. The second kappa shape index (κ2) is 5.69. The number of hydrogen-bond donors (Lipinski definition) is 2. The molecule has 1 saturated carbocycles. The van der Waals surface area contributed by atoms with Crippen LogP contribution < -0.4 is 5.32 Å². The number of thiazole rings is 1. The van der Waals surface area contributed by atoms with Gasteiger partial charge in [-0.05, 0) is 38.5 Å². The molecule has 3 rings (SSSR count). The molecule has 0 saturated heterocycles. The van der Waals surface area contributed by atoms with E-state index in [1.807, 2.05) is 0 Å². The summed E-state index contributed by atoms with van der Waals surface area (Å²) in [6.07, 6.45) is 6.13. The van der Waals surface area contributed by atoms with E-state index in [2.05, 4.69) is 10.3 Å². The van der Waals surface area contributed by atoms with Crippen LogP contribution in [0.1, 0.15) is 48.6 Å². The van der Waals surface area contributed by atoms with Gasteiger partial charge in [0, 0.05) is 18.0 Å². The van der Waals surface area contributed by atoms with E-state index in [9.17, 15) is 9.90 Å². The topological polar surface area (TPSA) is 71.5 Å². The van der Waals surface area contributed by atoms with Crippen LogP contribution in [0.25, 0.3) is 0 Å². The van der Waals surface area contributed by atoms with Crippen LogP contribution in [0.15, 0.2) is 0 Å². The number of aliphatic carboxylic acids is 1. The van der Waals surface area contributed by atoms with E-state index in [1.165, 1.54) is 0 Å². The normalized spacial score (nSPS) is 29.1. The molecule has 110 valence electrons. The maximum absolute atomic E-state index is 11.3. The zero-order valence-corrected chi connectivity index (χ0v) is 12.4. The summed E-state index contributed by atoms with van der Waals surface area (Å²) in [5.74, 6) is -1.16. The molecular weight excluding hydrogens is 276 g/mol. The first-order chi connectivity index (χ1) is 9.67. The molecule has 1 heterocycles. The number of methoxy groups -OCH3 is 1. The summed E-state index contributed by atoms with van der Waals surface area (Å²) < 4.78 is 5.37. The number of aromatic nitrogens is 1. The predicted molar refractivity (Wildman–Crippen MR) is 77.5 cm³/mol. The number of rotatable bonds is 4. The third-order valence-corrected chi connectivity index (χ3v) is 5.36. The SMILES string of the molecule is COC1CCC(Nc2nc3c(s2)CCCC3C(=O)O)C1. The van der Waals surface area contributed by atoms with E-state index in [-0.39, 0.29) is 0 Å². The van der Waals surface area contributed by atoms with Crippen LogP contribution in [0.3, 0.4) is 0 Å². The number of carbonyl (C=O) groups is 1. The molecule has 0 radical (unpaired) electrons. The average Bonchev–Trinajstić information content (AvgIpc) is 3.03. The number of nitrogens with zero attached hydrogens (tertiary/aromatic N) is 1. The maximum atomic E-state index is 11.3. The van der Waals surface area contributed by atoms with E-state index in [0.29, 0.717) is 18.6 Å². The first kappa shape index (κ1) is 13.8. The van der Waals surface area contributed by atoms with E-state index in [0.717, 1.165) is 47.8 Å². The zero-order chi connectivity index (χ0) is 14.1. The van der Waals surface area contributed by atoms with Crippen molar-refractivity contribution >= 4 is 22.4 Å². The number of ether oxygens (including phenoxy) is 1. The van der Waals surface area contributed by atoms with Crippen molar-refractivity contribution in [1.29, 1.82) is 0 Å². The van der Waals surface area contributed by atoms with Crippen LogP contribution in [0.2, 0.25) is 0 Å². The van der Waals surface area contributed by atoms with Crippen molar-refractivity contribution in [3.8, 4) is 0 Å². The van der Waals surface area contributed by atoms with Crippen molar-refractivity contribution in [2.24, 2.45) is 0 Å². The van der Waals surface area contributed by atoms with Crippen molar-refractivity contribution in [1.82, 2.24) is 4.98 Å². The molecule has 20 heavy (non-hydrogen) atoms. The van der Waals surface area contributed by atoms with Gasteiger partial charge in [0.05, 0.1) is 11.8 Å². The largest absolute Gasteiger partial charge is 0.481 e. The van der Waals surface area contributed by atoms with E-state index in [4.69, 9.17) is 4.74 Å². The lowest BCUT2D eigenvalue weighted by atomic mass is 9.91. The quantitative estimate of drug-likeness (QED) is 0.893. The number of carboxylic acid groups (broad SMARTS) is 1. The summed E-state index contributed by atoms with van der Waals surface area (Å²) in [6.45, 7) is 0. The highest BCUT2D eigenvalue weighted by Gasteiger charge is 2.31. The summed E-state index contributed by atoms with van der Waals surface area (Å²) in [5.41, 5.74) is 0.789. The van der Waals surface area contributed by atoms with Gasteiger partial charge in [0.1, 0.15) is 5.92 Å². The number of aryl methyl sites for hydroxylation is 1. The van der Waals surface area contributed by atoms with Gasteiger partial charge in [0.15, 0.2) is 5.13 Å². The molecule has 2 N–H and O–H groups in total. The lowest BCUT2D eigenvalue weighted by molar-refractivity contribution is -0.139. The standard InChI is InChI=1S/C14H20N2O3S/c1-19-9-6-5-8(7-9)15-14-16-12-10(13(17)18)3-2-4-11(12)20-14/h8-10H,2-7H2,1H3,(H,15,16)(H,17,18). The van der Waals surface area contributed by atoms with Crippen molar-refractivity contribution in [2.75, 3.05) is 12.4 Å². The third-order valence-electron chi connectivity index (χ3n) is 4.30. The molecule has 1 fully saturated rings. The average molecular weight is 296 g/mol. The van der Waals surface area contributed by atoms with Crippen molar-refractivity contribution < 1.29 is 14.6 Å². The van der Waals surface area contributed by atoms with E-state index >= 15 is 0 Å². The van der Waals surface area contributed by atoms with Gasteiger partial charge in [-0.1, -0.05) is 0 Å². The van der Waals surface area contributed by atoms with Crippen molar-refractivity contribution in [2.45, 2.75) is 56.6 Å².